The van der Waals surface area contributed by atoms with Crippen molar-refractivity contribution in [1.82, 2.24) is 0 Å². The van der Waals surface area contributed by atoms with Crippen LogP contribution in [0, 0.1) is 0 Å². The van der Waals surface area contributed by atoms with Crippen molar-refractivity contribution in [3.8, 4) is 5.75 Å². The molecule has 17 heavy (non-hydrogen) atoms. The van der Waals surface area contributed by atoms with Gasteiger partial charge < -0.3 is 4.74 Å². The van der Waals surface area contributed by atoms with Crippen LogP contribution in [-0.4, -0.2) is 11.5 Å². The monoisotopic (exact) mass is 250 g/mol. The number of fused-ring (bicyclic) bond motifs is 1. The van der Waals surface area contributed by atoms with E-state index in [9.17, 15) is 0 Å². The van der Waals surface area contributed by atoms with Crippen LogP contribution in [0.3, 0.4) is 0 Å². The Labute approximate surface area is 108 Å². The normalized spacial score (nSPS) is 17.8. The number of hydrogen-bond acceptors (Lipinski definition) is 1. The third-order valence-electron chi connectivity index (χ3n) is 3.11. The minimum atomic E-state index is -0.0837. The molecule has 0 N–H and O–H groups in total. The molecule has 0 bridgehead atoms. The van der Waals surface area contributed by atoms with Gasteiger partial charge in [0.05, 0.1) is 0 Å². The quantitative estimate of drug-likeness (QED) is 0.721. The average Bonchev–Trinajstić information content (AvgIpc) is 2.60. The summed E-state index contributed by atoms with van der Waals surface area (Å²) < 4.78 is 6.03. The van der Waals surface area contributed by atoms with E-state index in [2.05, 4.69) is 45.0 Å². The average molecular weight is 251 g/mol. The molecular weight excluding hydrogens is 232 g/mol. The molecule has 92 valence electrons. The maximum atomic E-state index is 6.03. The van der Waals surface area contributed by atoms with Crippen molar-refractivity contribution >= 4 is 17.7 Å². The van der Waals surface area contributed by atoms with Gasteiger partial charge in [-0.1, -0.05) is 36.8 Å². The summed E-state index contributed by atoms with van der Waals surface area (Å²) in [6, 6.07) is 6.34. The first-order valence-electron chi connectivity index (χ1n) is 6.12. The van der Waals surface area contributed by atoms with Crippen LogP contribution in [0.4, 0.5) is 0 Å². The Morgan fingerprint density at radius 1 is 1.47 bits per heavy atom. The van der Waals surface area contributed by atoms with Crippen LogP contribution in [-0.2, 0) is 6.42 Å². The van der Waals surface area contributed by atoms with E-state index in [1.807, 2.05) is 0 Å². The third kappa shape index (κ3) is 2.66. The summed E-state index contributed by atoms with van der Waals surface area (Å²) in [4.78, 5) is 0. The van der Waals surface area contributed by atoms with E-state index >= 15 is 0 Å². The van der Waals surface area contributed by atoms with Gasteiger partial charge in [-0.25, -0.2) is 0 Å². The molecule has 0 aromatic heterocycles. The summed E-state index contributed by atoms with van der Waals surface area (Å²) >= 11 is 5.92. The predicted octanol–water partition coefficient (Wildman–Crippen LogP) is 4.43. The van der Waals surface area contributed by atoms with Gasteiger partial charge in [0.25, 0.3) is 0 Å². The number of allylic oxidation sites excluding steroid dienone is 1. The Bertz CT molecular complexity index is 440. The van der Waals surface area contributed by atoms with E-state index in [4.69, 9.17) is 16.3 Å². The van der Waals surface area contributed by atoms with Crippen LogP contribution < -0.4 is 4.74 Å². The fourth-order valence-electron chi connectivity index (χ4n) is 2.21. The second kappa shape index (κ2) is 4.73. The molecule has 1 aromatic rings. The van der Waals surface area contributed by atoms with Crippen molar-refractivity contribution in [2.24, 2.45) is 0 Å². The molecule has 0 saturated carbocycles. The summed E-state index contributed by atoms with van der Waals surface area (Å²) in [6.07, 6.45) is 4.12. The van der Waals surface area contributed by atoms with Crippen LogP contribution in [0.2, 0.25) is 0 Å². The van der Waals surface area contributed by atoms with Gasteiger partial charge in [0, 0.05) is 17.9 Å². The summed E-state index contributed by atoms with van der Waals surface area (Å²) in [5.41, 5.74) is 3.62. The second-order valence-corrected chi connectivity index (χ2v) is 5.43. The summed E-state index contributed by atoms with van der Waals surface area (Å²) in [5.74, 6) is 1.62. The minimum absolute atomic E-state index is 0.0837. The van der Waals surface area contributed by atoms with Crippen LogP contribution >= 0.6 is 11.6 Å². The van der Waals surface area contributed by atoms with E-state index in [-0.39, 0.29) is 5.60 Å². The van der Waals surface area contributed by atoms with Crippen molar-refractivity contribution in [2.45, 2.75) is 39.2 Å². The van der Waals surface area contributed by atoms with Gasteiger partial charge in [-0.05, 0) is 25.8 Å². The molecule has 1 heterocycles. The number of hydrogen-bond donors (Lipinski definition) is 0. The number of rotatable bonds is 3. The van der Waals surface area contributed by atoms with Gasteiger partial charge in [0.2, 0.25) is 0 Å². The second-order valence-electron chi connectivity index (χ2n) is 5.16. The van der Waals surface area contributed by atoms with Gasteiger partial charge in [0.1, 0.15) is 11.4 Å². The predicted molar refractivity (Wildman–Crippen MR) is 73.8 cm³/mol. The SMILES string of the molecule is CCC(=Cc1cccc2c1OC(C)(C)C2)CCl. The zero-order valence-electron chi connectivity index (χ0n) is 10.7. The summed E-state index contributed by atoms with van der Waals surface area (Å²) in [7, 11) is 0. The maximum Gasteiger partial charge on any atom is 0.130 e. The molecular formula is C15H19ClO. The van der Waals surface area contributed by atoms with Gasteiger partial charge in [0.15, 0.2) is 0 Å². The molecule has 0 fully saturated rings. The molecule has 1 aliphatic heterocycles. The van der Waals surface area contributed by atoms with Crippen molar-refractivity contribution in [2.75, 3.05) is 5.88 Å². The van der Waals surface area contributed by atoms with Crippen LogP contribution in [0.15, 0.2) is 23.8 Å². The molecule has 0 atom stereocenters. The number of para-hydroxylation sites is 1. The highest BCUT2D eigenvalue weighted by molar-refractivity contribution is 6.19. The highest BCUT2D eigenvalue weighted by Crippen LogP contribution is 2.38. The Kier molecular flexibility index (Phi) is 3.48. The maximum absolute atomic E-state index is 6.03. The number of halogens is 1. The minimum Gasteiger partial charge on any atom is -0.487 e. The van der Waals surface area contributed by atoms with Gasteiger partial charge in [-0.3, -0.25) is 0 Å². The number of alkyl halides is 1. The van der Waals surface area contributed by atoms with Crippen molar-refractivity contribution in [1.29, 1.82) is 0 Å². The smallest absolute Gasteiger partial charge is 0.130 e. The first-order chi connectivity index (χ1) is 8.05. The zero-order chi connectivity index (χ0) is 12.5. The molecule has 1 nitrogen and oxygen atoms in total. The van der Waals surface area contributed by atoms with Crippen molar-refractivity contribution in [3.05, 3.63) is 34.9 Å². The molecule has 0 unspecified atom stereocenters. The molecule has 0 spiro atoms. The fraction of sp³-hybridized carbons (Fsp3) is 0.467. The van der Waals surface area contributed by atoms with Gasteiger partial charge >= 0.3 is 0 Å². The largest absolute Gasteiger partial charge is 0.487 e. The standard InChI is InChI=1S/C15H19ClO/c1-4-11(10-16)8-12-6-5-7-13-9-15(2,3)17-14(12)13/h5-8H,4,9-10H2,1-3H3. The Hall–Kier alpha value is -0.950. The van der Waals surface area contributed by atoms with Crippen LogP contribution in [0.1, 0.15) is 38.3 Å². The van der Waals surface area contributed by atoms with Crippen molar-refractivity contribution in [3.63, 3.8) is 0 Å². The van der Waals surface area contributed by atoms with E-state index in [0.29, 0.717) is 5.88 Å². The van der Waals surface area contributed by atoms with E-state index in [0.717, 1.165) is 24.2 Å². The Morgan fingerprint density at radius 2 is 2.24 bits per heavy atom. The summed E-state index contributed by atoms with van der Waals surface area (Å²) in [5, 5.41) is 0. The lowest BCUT2D eigenvalue weighted by molar-refractivity contribution is 0.138. The van der Waals surface area contributed by atoms with E-state index in [1.165, 1.54) is 11.1 Å². The van der Waals surface area contributed by atoms with E-state index in [1.54, 1.807) is 0 Å². The van der Waals surface area contributed by atoms with E-state index < -0.39 is 0 Å². The molecule has 0 radical (unpaired) electrons. The molecule has 1 aromatic carbocycles. The lowest BCUT2D eigenvalue weighted by Crippen LogP contribution is -2.24. The molecule has 2 rings (SSSR count). The zero-order valence-corrected chi connectivity index (χ0v) is 11.5. The third-order valence-corrected chi connectivity index (χ3v) is 3.45. The lowest BCUT2D eigenvalue weighted by atomic mass is 10.00. The Balaban J connectivity index is 2.39. The molecule has 0 saturated heterocycles. The molecule has 0 amide bonds. The Morgan fingerprint density at radius 3 is 2.88 bits per heavy atom. The van der Waals surface area contributed by atoms with Gasteiger partial charge in [-0.15, -0.1) is 11.6 Å². The topological polar surface area (TPSA) is 9.23 Å². The van der Waals surface area contributed by atoms with Gasteiger partial charge in [-0.2, -0.15) is 0 Å². The van der Waals surface area contributed by atoms with Crippen molar-refractivity contribution < 1.29 is 4.74 Å². The molecule has 1 aliphatic rings. The van der Waals surface area contributed by atoms with Crippen LogP contribution in [0.25, 0.3) is 6.08 Å². The summed E-state index contributed by atoms with van der Waals surface area (Å²) in [6.45, 7) is 6.38. The number of benzene rings is 1. The fourth-order valence-corrected chi connectivity index (χ4v) is 2.47. The highest BCUT2D eigenvalue weighted by Gasteiger charge is 2.31. The van der Waals surface area contributed by atoms with Crippen LogP contribution in [0.5, 0.6) is 5.75 Å². The lowest BCUT2D eigenvalue weighted by Gasteiger charge is -2.17. The first kappa shape index (κ1) is 12.5. The number of ether oxygens (including phenoxy) is 1. The highest BCUT2D eigenvalue weighted by atomic mass is 35.5. The first-order valence-corrected chi connectivity index (χ1v) is 6.65. The molecule has 0 aliphatic carbocycles. The molecule has 2 heteroatoms.